The molecule has 1 aromatic rings. The topological polar surface area (TPSA) is 69.6 Å². The first-order valence-corrected chi connectivity index (χ1v) is 7.51. The number of carbonyl (C=O) groups is 1. The largest absolute Gasteiger partial charge is 0.481 e. The van der Waals surface area contributed by atoms with Gasteiger partial charge in [0.15, 0.2) is 0 Å². The second-order valence-corrected chi connectivity index (χ2v) is 6.08. The Morgan fingerprint density at radius 2 is 1.76 bits per heavy atom. The van der Waals surface area contributed by atoms with Gasteiger partial charge in [0.05, 0.1) is 12.0 Å². The second-order valence-electron chi connectivity index (χ2n) is 6.08. The first-order valence-electron chi connectivity index (χ1n) is 7.51. The fraction of sp³-hybridized carbons (Fsp3) is 0.667. The standard InChI is InChI=1S/C15H22N4O2/c1-9(15(20)21)13-10(2)16-14(17-11(13)3)12-8-18-4-6-19(12)7-5-18/h9,12H,4-8H2,1-3H3,(H,20,21). The first-order chi connectivity index (χ1) is 9.97. The molecule has 6 heteroatoms. The molecule has 2 bridgehead atoms. The summed E-state index contributed by atoms with van der Waals surface area (Å²) in [5, 5.41) is 9.22. The number of piperazine rings is 3. The van der Waals surface area contributed by atoms with Crippen LogP contribution in [0.15, 0.2) is 0 Å². The van der Waals surface area contributed by atoms with E-state index in [9.17, 15) is 9.90 Å². The van der Waals surface area contributed by atoms with Gasteiger partial charge in [0.2, 0.25) is 0 Å². The third-order valence-corrected chi connectivity index (χ3v) is 4.72. The number of carboxylic acid groups (broad SMARTS) is 1. The molecule has 0 amide bonds. The maximum absolute atomic E-state index is 11.2. The molecule has 2 unspecified atom stereocenters. The SMILES string of the molecule is Cc1nc(C2CN3CCN2CC3)nc(C)c1C(C)C(=O)O. The molecular formula is C15H22N4O2. The minimum atomic E-state index is -0.830. The predicted molar refractivity (Wildman–Crippen MR) is 78.3 cm³/mol. The number of hydrogen-bond acceptors (Lipinski definition) is 5. The van der Waals surface area contributed by atoms with Gasteiger partial charge in [-0.1, -0.05) is 0 Å². The molecule has 4 rings (SSSR count). The average Bonchev–Trinajstić information content (AvgIpc) is 2.47. The molecule has 0 aromatic carbocycles. The van der Waals surface area contributed by atoms with Crippen LogP contribution in [0.5, 0.6) is 0 Å². The highest BCUT2D eigenvalue weighted by Gasteiger charge is 2.35. The van der Waals surface area contributed by atoms with Gasteiger partial charge in [-0.05, 0) is 20.8 Å². The van der Waals surface area contributed by atoms with Crippen molar-refractivity contribution in [2.24, 2.45) is 0 Å². The van der Waals surface area contributed by atoms with Gasteiger partial charge in [-0.25, -0.2) is 9.97 Å². The van der Waals surface area contributed by atoms with Crippen molar-refractivity contribution in [3.8, 4) is 0 Å². The molecule has 3 saturated heterocycles. The van der Waals surface area contributed by atoms with Crippen molar-refractivity contribution >= 4 is 5.97 Å². The van der Waals surface area contributed by atoms with Crippen molar-refractivity contribution in [2.45, 2.75) is 32.7 Å². The lowest BCUT2D eigenvalue weighted by molar-refractivity contribution is -0.138. The fourth-order valence-corrected chi connectivity index (χ4v) is 3.51. The van der Waals surface area contributed by atoms with Crippen LogP contribution in [0.25, 0.3) is 0 Å². The molecule has 21 heavy (non-hydrogen) atoms. The zero-order chi connectivity index (χ0) is 15.1. The van der Waals surface area contributed by atoms with E-state index in [0.29, 0.717) is 0 Å². The molecule has 0 spiro atoms. The maximum atomic E-state index is 11.2. The minimum absolute atomic E-state index is 0.249. The summed E-state index contributed by atoms with van der Waals surface area (Å²) in [7, 11) is 0. The molecule has 114 valence electrons. The molecule has 2 atom stereocenters. The van der Waals surface area contributed by atoms with Crippen molar-refractivity contribution in [1.82, 2.24) is 19.8 Å². The Bertz CT molecular complexity index is 544. The first kappa shape index (κ1) is 14.4. The number of fused-ring (bicyclic) bond motifs is 3. The smallest absolute Gasteiger partial charge is 0.310 e. The summed E-state index contributed by atoms with van der Waals surface area (Å²) >= 11 is 0. The van der Waals surface area contributed by atoms with Crippen LogP contribution in [-0.4, -0.2) is 63.6 Å². The third kappa shape index (κ3) is 2.53. The van der Waals surface area contributed by atoms with Crippen molar-refractivity contribution in [1.29, 1.82) is 0 Å². The molecule has 0 aliphatic carbocycles. The fourth-order valence-electron chi connectivity index (χ4n) is 3.51. The Morgan fingerprint density at radius 3 is 2.19 bits per heavy atom. The van der Waals surface area contributed by atoms with Crippen LogP contribution in [0, 0.1) is 13.8 Å². The van der Waals surface area contributed by atoms with Gasteiger partial charge >= 0.3 is 5.97 Å². The summed E-state index contributed by atoms with van der Waals surface area (Å²) in [4.78, 5) is 25.4. The van der Waals surface area contributed by atoms with Gasteiger partial charge in [0, 0.05) is 49.7 Å². The van der Waals surface area contributed by atoms with Gasteiger partial charge in [-0.2, -0.15) is 0 Å². The Morgan fingerprint density at radius 1 is 1.19 bits per heavy atom. The zero-order valence-electron chi connectivity index (χ0n) is 12.8. The average molecular weight is 290 g/mol. The number of aryl methyl sites for hydroxylation is 2. The number of rotatable bonds is 3. The van der Waals surface area contributed by atoms with E-state index in [1.165, 1.54) is 0 Å². The van der Waals surface area contributed by atoms with E-state index < -0.39 is 11.9 Å². The number of aromatic nitrogens is 2. The molecule has 6 nitrogen and oxygen atoms in total. The summed E-state index contributed by atoms with van der Waals surface area (Å²) < 4.78 is 0. The van der Waals surface area contributed by atoms with E-state index in [0.717, 1.165) is 55.5 Å². The van der Waals surface area contributed by atoms with E-state index >= 15 is 0 Å². The van der Waals surface area contributed by atoms with E-state index in [2.05, 4.69) is 19.8 Å². The lowest BCUT2D eigenvalue weighted by atomic mass is 9.97. The maximum Gasteiger partial charge on any atom is 0.310 e. The Balaban J connectivity index is 1.93. The number of nitrogens with zero attached hydrogens (tertiary/aromatic N) is 4. The van der Waals surface area contributed by atoms with E-state index in [1.807, 2.05) is 13.8 Å². The number of aliphatic carboxylic acids is 1. The van der Waals surface area contributed by atoms with Gasteiger partial charge in [0.25, 0.3) is 0 Å². The van der Waals surface area contributed by atoms with Crippen LogP contribution < -0.4 is 0 Å². The van der Waals surface area contributed by atoms with Crippen molar-refractivity contribution in [3.63, 3.8) is 0 Å². The molecule has 3 fully saturated rings. The second kappa shape index (κ2) is 5.35. The Kier molecular flexibility index (Phi) is 3.67. The monoisotopic (exact) mass is 290 g/mol. The molecule has 3 aliphatic rings. The van der Waals surface area contributed by atoms with E-state index in [-0.39, 0.29) is 6.04 Å². The number of carboxylic acids is 1. The van der Waals surface area contributed by atoms with Crippen LogP contribution in [0.3, 0.4) is 0 Å². The van der Waals surface area contributed by atoms with Crippen molar-refractivity contribution < 1.29 is 9.90 Å². The summed E-state index contributed by atoms with van der Waals surface area (Å²) in [5.41, 5.74) is 2.35. The molecule has 4 heterocycles. The Hall–Kier alpha value is -1.53. The molecule has 0 saturated carbocycles. The van der Waals surface area contributed by atoms with Crippen LogP contribution >= 0.6 is 0 Å². The van der Waals surface area contributed by atoms with Crippen LogP contribution in [-0.2, 0) is 4.79 Å². The summed E-state index contributed by atoms with van der Waals surface area (Å²) in [6, 6.07) is 0.249. The van der Waals surface area contributed by atoms with Crippen molar-refractivity contribution in [3.05, 3.63) is 22.8 Å². The van der Waals surface area contributed by atoms with E-state index in [4.69, 9.17) is 0 Å². The molecule has 3 aliphatic heterocycles. The van der Waals surface area contributed by atoms with Crippen LogP contribution in [0.2, 0.25) is 0 Å². The van der Waals surface area contributed by atoms with Gasteiger partial charge in [-0.15, -0.1) is 0 Å². The molecule has 1 aromatic heterocycles. The lowest BCUT2D eigenvalue weighted by Gasteiger charge is -2.46. The van der Waals surface area contributed by atoms with Gasteiger partial charge < -0.3 is 5.11 Å². The minimum Gasteiger partial charge on any atom is -0.481 e. The van der Waals surface area contributed by atoms with E-state index in [1.54, 1.807) is 6.92 Å². The zero-order valence-corrected chi connectivity index (χ0v) is 12.8. The normalized spacial score (nSPS) is 29.4. The van der Waals surface area contributed by atoms with Crippen LogP contribution in [0.1, 0.15) is 41.7 Å². The molecule has 0 radical (unpaired) electrons. The highest BCUT2D eigenvalue weighted by atomic mass is 16.4. The third-order valence-electron chi connectivity index (χ3n) is 4.72. The predicted octanol–water partition coefficient (Wildman–Crippen LogP) is 0.954. The number of hydrogen-bond donors (Lipinski definition) is 1. The highest BCUT2D eigenvalue weighted by Crippen LogP contribution is 2.29. The summed E-state index contributed by atoms with van der Waals surface area (Å²) in [6.07, 6.45) is 0. The summed E-state index contributed by atoms with van der Waals surface area (Å²) in [6.45, 7) is 10.8. The van der Waals surface area contributed by atoms with Crippen molar-refractivity contribution in [2.75, 3.05) is 32.7 Å². The molecule has 1 N–H and O–H groups in total. The van der Waals surface area contributed by atoms with Gasteiger partial charge in [0.1, 0.15) is 5.82 Å². The van der Waals surface area contributed by atoms with Crippen LogP contribution in [0.4, 0.5) is 0 Å². The van der Waals surface area contributed by atoms with Gasteiger partial charge in [-0.3, -0.25) is 14.6 Å². The quantitative estimate of drug-likeness (QED) is 0.894. The highest BCUT2D eigenvalue weighted by molar-refractivity contribution is 5.76. The Labute approximate surface area is 124 Å². The summed E-state index contributed by atoms with van der Waals surface area (Å²) in [5.74, 6) is -0.550. The molecular weight excluding hydrogens is 268 g/mol. The lowest BCUT2D eigenvalue weighted by Crippen LogP contribution is -2.57.